The normalized spacial score (nSPS) is 12.5. The average Bonchev–Trinajstić information content (AvgIpc) is 3.22. The number of fused-ring (bicyclic) bond motifs is 3. The van der Waals surface area contributed by atoms with Crippen molar-refractivity contribution in [3.63, 3.8) is 0 Å². The number of nitrogens with one attached hydrogen (secondary N) is 1. The zero-order chi connectivity index (χ0) is 22.8. The fourth-order valence-electron chi connectivity index (χ4n) is 3.65. The summed E-state index contributed by atoms with van der Waals surface area (Å²) in [6.45, 7) is 0.165. The molecule has 0 saturated carbocycles. The molecule has 1 amide bonds. The Balaban J connectivity index is 1.52. The van der Waals surface area contributed by atoms with Crippen LogP contribution in [0.2, 0.25) is 0 Å². The third kappa shape index (κ3) is 3.88. The van der Waals surface area contributed by atoms with Crippen LogP contribution in [0.3, 0.4) is 0 Å². The quantitative estimate of drug-likeness (QED) is 0.494. The first kappa shape index (κ1) is 20.3. The molecule has 0 radical (unpaired) electrons. The number of carbonyl (C=O) groups excluding carboxylic acids is 1. The van der Waals surface area contributed by atoms with E-state index in [2.05, 4.69) is 10.4 Å². The van der Waals surface area contributed by atoms with Crippen LogP contribution in [0.1, 0.15) is 5.56 Å². The van der Waals surface area contributed by atoms with Gasteiger partial charge in [-0.2, -0.15) is 5.26 Å². The molecule has 7 nitrogen and oxygen atoms in total. The van der Waals surface area contributed by atoms with E-state index < -0.39 is 17.8 Å². The molecule has 1 aliphatic rings. The monoisotopic (exact) mass is 440 g/mol. The van der Waals surface area contributed by atoms with Gasteiger partial charge in [-0.15, -0.1) is 5.10 Å². The van der Waals surface area contributed by atoms with E-state index in [4.69, 9.17) is 9.47 Å². The van der Waals surface area contributed by atoms with Gasteiger partial charge in [0.15, 0.2) is 0 Å². The van der Waals surface area contributed by atoms with Gasteiger partial charge in [-0.05, 0) is 42.5 Å². The second kappa shape index (κ2) is 8.48. The number of aromatic nitrogens is 2. The smallest absolute Gasteiger partial charge is 0.280 e. The van der Waals surface area contributed by atoms with Gasteiger partial charge in [0.25, 0.3) is 12.0 Å². The molecule has 8 heteroatoms. The molecule has 0 saturated heterocycles. The lowest BCUT2D eigenvalue weighted by Gasteiger charge is -2.19. The summed E-state index contributed by atoms with van der Waals surface area (Å²) < 4.78 is 26.8. The first-order valence-electron chi connectivity index (χ1n) is 10.2. The maximum Gasteiger partial charge on any atom is 0.280 e. The van der Waals surface area contributed by atoms with Gasteiger partial charge in [0, 0.05) is 11.3 Å². The van der Waals surface area contributed by atoms with Gasteiger partial charge in [-0.3, -0.25) is 4.79 Å². The molecule has 5 rings (SSSR count). The Hall–Kier alpha value is -4.64. The third-order valence-corrected chi connectivity index (χ3v) is 5.14. The zero-order valence-corrected chi connectivity index (χ0v) is 17.2. The van der Waals surface area contributed by atoms with Crippen LogP contribution in [0.15, 0.2) is 78.9 Å². The Bertz CT molecular complexity index is 1380. The number of benzene rings is 3. The molecule has 0 aliphatic carbocycles. The molecule has 1 aromatic heterocycles. The molecule has 4 aromatic rings. The van der Waals surface area contributed by atoms with E-state index in [1.807, 2.05) is 60.7 Å². The highest BCUT2D eigenvalue weighted by atomic mass is 19.1. The summed E-state index contributed by atoms with van der Waals surface area (Å²) in [5, 5.41) is 16.7. The highest BCUT2D eigenvalue weighted by molar-refractivity contribution is 5.96. The summed E-state index contributed by atoms with van der Waals surface area (Å²) in [7, 11) is 0. The van der Waals surface area contributed by atoms with Crippen LogP contribution in [0.5, 0.6) is 11.6 Å². The van der Waals surface area contributed by atoms with E-state index in [9.17, 15) is 14.4 Å². The van der Waals surface area contributed by atoms with Gasteiger partial charge < -0.3 is 14.8 Å². The summed E-state index contributed by atoms with van der Waals surface area (Å²) >= 11 is 0. The topological polar surface area (TPSA) is 89.2 Å². The average molecular weight is 440 g/mol. The number of hydrogen-bond acceptors (Lipinski definition) is 5. The predicted octanol–water partition coefficient (Wildman–Crippen LogP) is 4.48. The molecule has 1 unspecified atom stereocenters. The number of hydrogen-bond donors (Lipinski definition) is 1. The molecule has 3 aromatic carbocycles. The van der Waals surface area contributed by atoms with Crippen LogP contribution in [0.4, 0.5) is 10.1 Å². The number of carbonyl (C=O) groups is 1. The number of amides is 1. The largest absolute Gasteiger partial charge is 0.488 e. The van der Waals surface area contributed by atoms with E-state index >= 15 is 0 Å². The van der Waals surface area contributed by atoms with Crippen LogP contribution in [-0.4, -0.2) is 21.8 Å². The Labute approximate surface area is 188 Å². The molecule has 0 fully saturated rings. The molecular weight excluding hydrogens is 423 g/mol. The van der Waals surface area contributed by atoms with E-state index in [1.165, 1.54) is 18.2 Å². The maximum atomic E-state index is 13.4. The molecule has 0 spiro atoms. The minimum absolute atomic E-state index is 0.115. The Morgan fingerprint density at radius 3 is 2.70 bits per heavy atom. The van der Waals surface area contributed by atoms with Crippen LogP contribution >= 0.6 is 0 Å². The highest BCUT2D eigenvalue weighted by Gasteiger charge is 2.31. The standard InChI is InChI=1S/C25H17FN4O3/c26-16-7-6-8-17(13-16)28-24(31)22(14-27)33-25-20-15-32-21-12-5-4-11-19(21)23(20)30(29-25)18-9-2-1-3-10-18/h1-13,22H,15H2,(H,28,31). The van der Waals surface area contributed by atoms with E-state index in [0.29, 0.717) is 11.3 Å². The fraction of sp³-hybridized carbons (Fsp3) is 0.0800. The van der Waals surface area contributed by atoms with Crippen molar-refractivity contribution in [2.45, 2.75) is 12.7 Å². The number of anilines is 1. The number of rotatable bonds is 5. The molecule has 0 bridgehead atoms. The maximum absolute atomic E-state index is 13.4. The van der Waals surface area contributed by atoms with Gasteiger partial charge >= 0.3 is 0 Å². The summed E-state index contributed by atoms with van der Waals surface area (Å²) in [5.41, 5.74) is 3.22. The lowest BCUT2D eigenvalue weighted by Crippen LogP contribution is -2.32. The summed E-state index contributed by atoms with van der Waals surface area (Å²) in [5.74, 6) is -0.421. The van der Waals surface area contributed by atoms with Crippen LogP contribution < -0.4 is 14.8 Å². The third-order valence-electron chi connectivity index (χ3n) is 5.14. The molecule has 1 atom stereocenters. The summed E-state index contributed by atoms with van der Waals surface area (Å²) in [6, 6.07) is 24.3. The number of ether oxygens (including phenoxy) is 2. The predicted molar refractivity (Wildman–Crippen MR) is 118 cm³/mol. The fourth-order valence-corrected chi connectivity index (χ4v) is 3.65. The minimum atomic E-state index is -1.51. The molecule has 1 aliphatic heterocycles. The van der Waals surface area contributed by atoms with Crippen LogP contribution in [-0.2, 0) is 11.4 Å². The Morgan fingerprint density at radius 1 is 1.12 bits per heavy atom. The van der Waals surface area contributed by atoms with Crippen LogP contribution in [0, 0.1) is 17.1 Å². The van der Waals surface area contributed by atoms with Crippen molar-refractivity contribution in [1.82, 2.24) is 9.78 Å². The number of para-hydroxylation sites is 2. The minimum Gasteiger partial charge on any atom is -0.488 e. The summed E-state index contributed by atoms with van der Waals surface area (Å²) in [4.78, 5) is 12.7. The second-order valence-corrected chi connectivity index (χ2v) is 7.29. The van der Waals surface area contributed by atoms with Crippen molar-refractivity contribution in [2.75, 3.05) is 5.32 Å². The molecular formula is C25H17FN4O3. The van der Waals surface area contributed by atoms with Gasteiger partial charge in [-0.25, -0.2) is 9.07 Å². The van der Waals surface area contributed by atoms with Crippen molar-refractivity contribution in [3.05, 3.63) is 90.2 Å². The summed E-state index contributed by atoms with van der Waals surface area (Å²) in [6.07, 6.45) is -1.51. The van der Waals surface area contributed by atoms with Gasteiger partial charge in [0.05, 0.1) is 16.9 Å². The zero-order valence-electron chi connectivity index (χ0n) is 17.2. The van der Waals surface area contributed by atoms with Crippen molar-refractivity contribution in [3.8, 4) is 34.6 Å². The van der Waals surface area contributed by atoms with Gasteiger partial charge in [-0.1, -0.05) is 36.4 Å². The first-order chi connectivity index (χ1) is 16.1. The molecule has 33 heavy (non-hydrogen) atoms. The van der Waals surface area contributed by atoms with Crippen LogP contribution in [0.25, 0.3) is 16.9 Å². The van der Waals surface area contributed by atoms with Gasteiger partial charge in [0.2, 0.25) is 5.88 Å². The molecule has 162 valence electrons. The van der Waals surface area contributed by atoms with E-state index in [1.54, 1.807) is 4.68 Å². The number of halogens is 1. The van der Waals surface area contributed by atoms with Crippen molar-refractivity contribution in [2.24, 2.45) is 0 Å². The molecule has 1 N–H and O–H groups in total. The number of nitrogens with zero attached hydrogens (tertiary/aromatic N) is 3. The lowest BCUT2D eigenvalue weighted by molar-refractivity contribution is -0.120. The Kier molecular flexibility index (Phi) is 5.21. The van der Waals surface area contributed by atoms with Crippen molar-refractivity contribution < 1.29 is 18.7 Å². The Morgan fingerprint density at radius 2 is 1.91 bits per heavy atom. The van der Waals surface area contributed by atoms with E-state index in [0.717, 1.165) is 23.0 Å². The molecule has 2 heterocycles. The highest BCUT2D eigenvalue weighted by Crippen LogP contribution is 2.42. The SMILES string of the molecule is N#CC(Oc1nn(-c2ccccc2)c2c1COc1ccccc1-2)C(=O)Nc1cccc(F)c1. The van der Waals surface area contributed by atoms with Crippen molar-refractivity contribution in [1.29, 1.82) is 5.26 Å². The van der Waals surface area contributed by atoms with Gasteiger partial charge in [0.1, 0.15) is 24.2 Å². The van der Waals surface area contributed by atoms with E-state index in [-0.39, 0.29) is 18.2 Å². The van der Waals surface area contributed by atoms with Crippen molar-refractivity contribution >= 4 is 11.6 Å². The second-order valence-electron chi connectivity index (χ2n) is 7.29. The number of nitriles is 1. The lowest BCUT2D eigenvalue weighted by atomic mass is 10.0. The first-order valence-corrected chi connectivity index (χ1v) is 10.2.